The first-order valence-electron chi connectivity index (χ1n) is 8.58. The molecule has 2 aliphatic heterocycles. The fourth-order valence-electron chi connectivity index (χ4n) is 3.94. The monoisotopic (exact) mass is 338 g/mol. The summed E-state index contributed by atoms with van der Waals surface area (Å²) in [7, 11) is 3.35. The van der Waals surface area contributed by atoms with Crippen LogP contribution >= 0.6 is 11.6 Å². The van der Waals surface area contributed by atoms with Crippen molar-refractivity contribution in [2.75, 3.05) is 40.4 Å². The molecular weight excluding hydrogens is 312 g/mol. The summed E-state index contributed by atoms with van der Waals surface area (Å²) in [5, 5.41) is 0.700. The van der Waals surface area contributed by atoms with Crippen LogP contribution in [0.1, 0.15) is 31.2 Å². The van der Waals surface area contributed by atoms with Crippen LogP contribution in [0.25, 0.3) is 0 Å². The summed E-state index contributed by atoms with van der Waals surface area (Å²) in [4.78, 5) is 5.20. The van der Waals surface area contributed by atoms with E-state index in [1.165, 1.54) is 38.8 Å². The van der Waals surface area contributed by atoms with Gasteiger partial charge in [-0.2, -0.15) is 0 Å². The van der Waals surface area contributed by atoms with Gasteiger partial charge in [-0.15, -0.1) is 0 Å². The molecule has 1 unspecified atom stereocenters. The van der Waals surface area contributed by atoms with Gasteiger partial charge in [-0.3, -0.25) is 9.80 Å². The average molecular weight is 339 g/mol. The third kappa shape index (κ3) is 3.93. The van der Waals surface area contributed by atoms with E-state index < -0.39 is 0 Å². The standard InChI is InChI=1S/C18H27ClN2O2/c1-22-17-11-15(19)10-14(18(17)23-2)12-20-7-5-6-16(13-20)21-8-3-4-9-21/h10-11,16H,3-9,12-13H2,1-2H3. The van der Waals surface area contributed by atoms with Crippen molar-refractivity contribution in [3.8, 4) is 11.5 Å². The van der Waals surface area contributed by atoms with Gasteiger partial charge in [0.15, 0.2) is 11.5 Å². The largest absolute Gasteiger partial charge is 0.493 e. The predicted molar refractivity (Wildman–Crippen MR) is 93.7 cm³/mol. The van der Waals surface area contributed by atoms with Crippen molar-refractivity contribution >= 4 is 11.6 Å². The second kappa shape index (κ2) is 7.73. The van der Waals surface area contributed by atoms with Crippen LogP contribution in [0.2, 0.25) is 5.02 Å². The maximum absolute atomic E-state index is 6.25. The second-order valence-electron chi connectivity index (χ2n) is 6.57. The van der Waals surface area contributed by atoms with Crippen LogP contribution in [-0.2, 0) is 6.54 Å². The summed E-state index contributed by atoms with van der Waals surface area (Å²) in [6.45, 7) is 5.68. The van der Waals surface area contributed by atoms with E-state index >= 15 is 0 Å². The highest BCUT2D eigenvalue weighted by Crippen LogP contribution is 2.35. The molecule has 128 valence electrons. The molecule has 23 heavy (non-hydrogen) atoms. The number of rotatable bonds is 5. The lowest BCUT2D eigenvalue weighted by Gasteiger charge is -2.37. The van der Waals surface area contributed by atoms with Gasteiger partial charge < -0.3 is 9.47 Å². The number of halogens is 1. The SMILES string of the molecule is COc1cc(Cl)cc(CN2CCCC(N3CCCC3)C2)c1OC. The number of likely N-dealkylation sites (tertiary alicyclic amines) is 2. The van der Waals surface area contributed by atoms with Gasteiger partial charge in [-0.05, 0) is 51.4 Å². The topological polar surface area (TPSA) is 24.9 Å². The number of ether oxygens (including phenoxy) is 2. The molecule has 0 amide bonds. The molecule has 0 radical (unpaired) electrons. The highest BCUT2D eigenvalue weighted by molar-refractivity contribution is 6.30. The van der Waals surface area contributed by atoms with Crippen molar-refractivity contribution < 1.29 is 9.47 Å². The van der Waals surface area contributed by atoms with E-state index in [0.29, 0.717) is 16.8 Å². The van der Waals surface area contributed by atoms with E-state index in [0.717, 1.165) is 30.9 Å². The summed E-state index contributed by atoms with van der Waals surface area (Å²) < 4.78 is 11.0. The number of methoxy groups -OCH3 is 2. The van der Waals surface area contributed by atoms with Crippen molar-refractivity contribution in [2.24, 2.45) is 0 Å². The van der Waals surface area contributed by atoms with Gasteiger partial charge in [-0.25, -0.2) is 0 Å². The Balaban J connectivity index is 1.72. The van der Waals surface area contributed by atoms with Gasteiger partial charge in [-0.1, -0.05) is 11.6 Å². The zero-order chi connectivity index (χ0) is 16.2. The van der Waals surface area contributed by atoms with Gasteiger partial charge >= 0.3 is 0 Å². The zero-order valence-corrected chi connectivity index (χ0v) is 14.9. The third-order valence-electron chi connectivity index (χ3n) is 5.05. The fourth-order valence-corrected chi connectivity index (χ4v) is 4.17. The quantitative estimate of drug-likeness (QED) is 0.821. The molecular formula is C18H27ClN2O2. The third-order valence-corrected chi connectivity index (χ3v) is 5.27. The van der Waals surface area contributed by atoms with Crippen LogP contribution < -0.4 is 9.47 Å². The maximum atomic E-state index is 6.25. The van der Waals surface area contributed by atoms with Gasteiger partial charge in [0, 0.05) is 35.8 Å². The zero-order valence-electron chi connectivity index (χ0n) is 14.2. The molecule has 2 aliphatic rings. The van der Waals surface area contributed by atoms with Crippen LogP contribution in [0.5, 0.6) is 11.5 Å². The van der Waals surface area contributed by atoms with Crippen LogP contribution in [0.3, 0.4) is 0 Å². The lowest BCUT2D eigenvalue weighted by molar-refractivity contribution is 0.110. The summed E-state index contributed by atoms with van der Waals surface area (Å²) in [5.74, 6) is 1.52. The van der Waals surface area contributed by atoms with Crippen molar-refractivity contribution in [3.63, 3.8) is 0 Å². The molecule has 4 nitrogen and oxygen atoms in total. The summed E-state index contributed by atoms with van der Waals surface area (Å²) >= 11 is 6.25. The normalized spacial score (nSPS) is 23.2. The molecule has 0 bridgehead atoms. The molecule has 3 rings (SSSR count). The minimum atomic E-state index is 0.700. The lowest BCUT2D eigenvalue weighted by atomic mass is 10.0. The Bertz CT molecular complexity index is 532. The van der Waals surface area contributed by atoms with Crippen molar-refractivity contribution in [2.45, 2.75) is 38.3 Å². The molecule has 2 heterocycles. The summed E-state index contributed by atoms with van der Waals surface area (Å²) in [6, 6.07) is 4.52. The minimum Gasteiger partial charge on any atom is -0.493 e. The Hall–Kier alpha value is -0.970. The lowest BCUT2D eigenvalue weighted by Crippen LogP contribution is -2.46. The smallest absolute Gasteiger partial charge is 0.165 e. The minimum absolute atomic E-state index is 0.700. The van der Waals surface area contributed by atoms with Crippen LogP contribution in [0.15, 0.2) is 12.1 Å². The average Bonchev–Trinajstić information content (AvgIpc) is 3.09. The van der Waals surface area contributed by atoms with E-state index in [9.17, 15) is 0 Å². The first-order chi connectivity index (χ1) is 11.2. The van der Waals surface area contributed by atoms with Gasteiger partial charge in [0.2, 0.25) is 0 Å². The number of hydrogen-bond donors (Lipinski definition) is 0. The molecule has 0 saturated carbocycles. The summed E-state index contributed by atoms with van der Waals surface area (Å²) in [6.07, 6.45) is 5.30. The van der Waals surface area contributed by atoms with Crippen LogP contribution in [-0.4, -0.2) is 56.2 Å². The van der Waals surface area contributed by atoms with E-state index in [-0.39, 0.29) is 0 Å². The molecule has 1 atom stereocenters. The molecule has 2 fully saturated rings. The highest BCUT2D eigenvalue weighted by atomic mass is 35.5. The Morgan fingerprint density at radius 3 is 2.57 bits per heavy atom. The molecule has 0 spiro atoms. The number of benzene rings is 1. The maximum Gasteiger partial charge on any atom is 0.165 e. The Morgan fingerprint density at radius 2 is 1.87 bits per heavy atom. The molecule has 1 aromatic rings. The Morgan fingerprint density at radius 1 is 1.09 bits per heavy atom. The van der Waals surface area contributed by atoms with Crippen LogP contribution in [0.4, 0.5) is 0 Å². The molecule has 5 heteroatoms. The Labute approximate surface area is 144 Å². The molecule has 0 aliphatic carbocycles. The molecule has 1 aromatic carbocycles. The van der Waals surface area contributed by atoms with Crippen molar-refractivity contribution in [1.82, 2.24) is 9.80 Å². The molecule has 0 aromatic heterocycles. The van der Waals surface area contributed by atoms with E-state index in [2.05, 4.69) is 9.80 Å². The van der Waals surface area contributed by atoms with E-state index in [1.807, 2.05) is 12.1 Å². The molecule has 0 N–H and O–H groups in total. The van der Waals surface area contributed by atoms with Gasteiger partial charge in [0.1, 0.15) is 0 Å². The van der Waals surface area contributed by atoms with Gasteiger partial charge in [0.25, 0.3) is 0 Å². The number of nitrogens with zero attached hydrogens (tertiary/aromatic N) is 2. The van der Waals surface area contributed by atoms with Crippen molar-refractivity contribution in [1.29, 1.82) is 0 Å². The molecule has 2 saturated heterocycles. The highest BCUT2D eigenvalue weighted by Gasteiger charge is 2.27. The van der Waals surface area contributed by atoms with E-state index in [4.69, 9.17) is 21.1 Å². The van der Waals surface area contributed by atoms with Crippen LogP contribution in [0, 0.1) is 0 Å². The first kappa shape index (κ1) is 16.9. The fraction of sp³-hybridized carbons (Fsp3) is 0.667. The summed E-state index contributed by atoms with van der Waals surface area (Å²) in [5.41, 5.74) is 1.11. The van der Waals surface area contributed by atoms with E-state index in [1.54, 1.807) is 14.2 Å². The van der Waals surface area contributed by atoms with Crippen molar-refractivity contribution in [3.05, 3.63) is 22.7 Å². The number of piperidine rings is 1. The van der Waals surface area contributed by atoms with Gasteiger partial charge in [0.05, 0.1) is 14.2 Å². The Kier molecular flexibility index (Phi) is 5.67. The second-order valence-corrected chi connectivity index (χ2v) is 7.01. The number of hydrogen-bond acceptors (Lipinski definition) is 4. The first-order valence-corrected chi connectivity index (χ1v) is 8.96. The predicted octanol–water partition coefficient (Wildman–Crippen LogP) is 3.42.